The molecular weight excluding hydrogens is 576 g/mol. The number of nitrogens with one attached hydrogen (secondary N) is 3. The molecule has 0 aromatic heterocycles. The predicted octanol–water partition coefficient (Wildman–Crippen LogP) is 3.51. The molecule has 0 unspecified atom stereocenters. The van der Waals surface area contributed by atoms with E-state index in [-0.39, 0.29) is 25.2 Å². The lowest BCUT2D eigenvalue weighted by atomic mass is 10.0. The quantitative estimate of drug-likeness (QED) is 0.229. The Morgan fingerprint density at radius 1 is 0.956 bits per heavy atom. The molecule has 1 saturated heterocycles. The molecule has 1 heterocycles. The van der Waals surface area contributed by atoms with Gasteiger partial charge in [-0.1, -0.05) is 68.4 Å². The Balaban J connectivity index is 1.52. The summed E-state index contributed by atoms with van der Waals surface area (Å²) in [5.41, 5.74) is 1.36. The van der Waals surface area contributed by atoms with Crippen LogP contribution in [-0.4, -0.2) is 71.4 Å². The first-order valence-corrected chi connectivity index (χ1v) is 15.1. The van der Waals surface area contributed by atoms with E-state index in [9.17, 15) is 24.0 Å². The molecule has 1 aliphatic heterocycles. The molecule has 0 saturated carbocycles. The van der Waals surface area contributed by atoms with Crippen molar-refractivity contribution < 1.29 is 33.8 Å². The van der Waals surface area contributed by atoms with Crippen LogP contribution in [0, 0.1) is 5.92 Å². The monoisotopic (exact) mass is 616 g/mol. The number of likely N-dealkylation sites (tertiary alicyclic amines) is 1. The van der Waals surface area contributed by atoms with Gasteiger partial charge in [-0.2, -0.15) is 0 Å². The Hall–Kier alpha value is -4.93. The maximum Gasteiger partial charge on any atom is 0.303 e. The van der Waals surface area contributed by atoms with E-state index in [1.54, 1.807) is 27.0 Å². The van der Waals surface area contributed by atoms with E-state index in [0.717, 1.165) is 16.3 Å². The average molecular weight is 617 g/mol. The number of rotatable bonds is 13. The zero-order valence-corrected chi connectivity index (χ0v) is 25.7. The fourth-order valence-corrected chi connectivity index (χ4v) is 5.53. The Morgan fingerprint density at radius 3 is 2.36 bits per heavy atom. The SMILES string of the molecule is COc1cc(NC(=O)[C@H](Cc2ccccc2)NC(=O)[C@@H]2CCCN2C(=O)[C@@H](NC(=O)CCC(=O)O)C(C)C)cc2ccccc12. The molecule has 1 aliphatic rings. The van der Waals surface area contributed by atoms with Crippen molar-refractivity contribution in [2.45, 2.75) is 64.1 Å². The van der Waals surface area contributed by atoms with Gasteiger partial charge in [0, 0.05) is 36.5 Å². The minimum absolute atomic E-state index is 0.220. The summed E-state index contributed by atoms with van der Waals surface area (Å²) < 4.78 is 5.55. The van der Waals surface area contributed by atoms with Gasteiger partial charge in [0.15, 0.2) is 0 Å². The second-order valence-corrected chi connectivity index (χ2v) is 11.5. The Labute approximate surface area is 262 Å². The summed E-state index contributed by atoms with van der Waals surface area (Å²) in [5.74, 6) is -2.66. The second kappa shape index (κ2) is 15.2. The van der Waals surface area contributed by atoms with Crippen LogP contribution in [-0.2, 0) is 30.4 Å². The van der Waals surface area contributed by atoms with E-state index in [1.807, 2.05) is 60.7 Å². The second-order valence-electron chi connectivity index (χ2n) is 11.5. The lowest BCUT2D eigenvalue weighted by molar-refractivity contribution is -0.143. The molecule has 0 bridgehead atoms. The molecule has 3 aromatic rings. The first-order chi connectivity index (χ1) is 21.6. The number of ether oxygens (including phenoxy) is 1. The normalized spacial score (nSPS) is 15.7. The van der Waals surface area contributed by atoms with Gasteiger partial charge in [0.2, 0.25) is 23.6 Å². The van der Waals surface area contributed by atoms with Crippen molar-refractivity contribution in [2.24, 2.45) is 5.92 Å². The van der Waals surface area contributed by atoms with Gasteiger partial charge in [-0.3, -0.25) is 24.0 Å². The van der Waals surface area contributed by atoms with Crippen LogP contribution in [0.4, 0.5) is 5.69 Å². The number of hydrogen-bond acceptors (Lipinski definition) is 6. The summed E-state index contributed by atoms with van der Waals surface area (Å²) in [5, 5.41) is 19.2. The van der Waals surface area contributed by atoms with Crippen molar-refractivity contribution in [3.63, 3.8) is 0 Å². The number of carbonyl (C=O) groups is 5. The topological polar surface area (TPSA) is 154 Å². The van der Waals surface area contributed by atoms with Crippen molar-refractivity contribution in [3.05, 3.63) is 72.3 Å². The third kappa shape index (κ3) is 8.59. The zero-order chi connectivity index (χ0) is 32.5. The van der Waals surface area contributed by atoms with Crippen LogP contribution in [0.5, 0.6) is 5.75 Å². The Bertz CT molecular complexity index is 1540. The highest BCUT2D eigenvalue weighted by Gasteiger charge is 2.39. The molecule has 4 amide bonds. The zero-order valence-electron chi connectivity index (χ0n) is 25.7. The number of carboxylic acid groups (broad SMARTS) is 1. The van der Waals surface area contributed by atoms with Gasteiger partial charge in [-0.05, 0) is 35.8 Å². The molecule has 4 rings (SSSR count). The molecule has 11 nitrogen and oxygen atoms in total. The van der Waals surface area contributed by atoms with Crippen molar-refractivity contribution in [2.75, 3.05) is 19.0 Å². The number of fused-ring (bicyclic) bond motifs is 1. The molecule has 1 fully saturated rings. The molecule has 45 heavy (non-hydrogen) atoms. The summed E-state index contributed by atoms with van der Waals surface area (Å²) in [7, 11) is 1.56. The van der Waals surface area contributed by atoms with E-state index in [0.29, 0.717) is 30.8 Å². The highest BCUT2D eigenvalue weighted by atomic mass is 16.5. The number of hydrogen-bond donors (Lipinski definition) is 4. The van der Waals surface area contributed by atoms with Crippen molar-refractivity contribution in [1.29, 1.82) is 0 Å². The smallest absolute Gasteiger partial charge is 0.303 e. The van der Waals surface area contributed by atoms with Crippen LogP contribution in [0.3, 0.4) is 0 Å². The highest BCUT2D eigenvalue weighted by molar-refractivity contribution is 6.01. The Kier molecular flexibility index (Phi) is 11.1. The van der Waals surface area contributed by atoms with Gasteiger partial charge in [0.05, 0.1) is 13.5 Å². The molecular formula is C34H40N4O7. The van der Waals surface area contributed by atoms with Crippen LogP contribution in [0.25, 0.3) is 10.8 Å². The number of carbonyl (C=O) groups excluding carboxylic acids is 4. The van der Waals surface area contributed by atoms with Gasteiger partial charge >= 0.3 is 5.97 Å². The van der Waals surface area contributed by atoms with E-state index in [4.69, 9.17) is 9.84 Å². The van der Waals surface area contributed by atoms with Gasteiger partial charge in [-0.25, -0.2) is 0 Å². The molecule has 0 aliphatic carbocycles. The maximum atomic E-state index is 13.7. The third-order valence-corrected chi connectivity index (χ3v) is 7.88. The summed E-state index contributed by atoms with van der Waals surface area (Å²) in [6.45, 7) is 3.86. The largest absolute Gasteiger partial charge is 0.496 e. The van der Waals surface area contributed by atoms with E-state index < -0.39 is 47.7 Å². The van der Waals surface area contributed by atoms with Gasteiger partial charge in [0.1, 0.15) is 23.9 Å². The third-order valence-electron chi connectivity index (χ3n) is 7.88. The summed E-state index contributed by atoms with van der Waals surface area (Å²) in [4.78, 5) is 65.8. The first-order valence-electron chi connectivity index (χ1n) is 15.1. The van der Waals surface area contributed by atoms with Crippen LogP contribution < -0.4 is 20.7 Å². The molecule has 0 radical (unpaired) electrons. The molecule has 3 aromatic carbocycles. The van der Waals surface area contributed by atoms with Crippen molar-refractivity contribution >= 4 is 46.1 Å². The van der Waals surface area contributed by atoms with Crippen LogP contribution in [0.15, 0.2) is 66.7 Å². The lowest BCUT2D eigenvalue weighted by Gasteiger charge is -2.31. The number of aliphatic carboxylic acids is 1. The number of amides is 4. The number of carboxylic acids is 1. The van der Waals surface area contributed by atoms with Gasteiger partial charge in [0.25, 0.3) is 0 Å². The molecule has 3 atom stereocenters. The van der Waals surface area contributed by atoms with Crippen LogP contribution in [0.2, 0.25) is 0 Å². The van der Waals surface area contributed by atoms with E-state index >= 15 is 0 Å². The summed E-state index contributed by atoms with van der Waals surface area (Å²) in [6.07, 6.45) is 0.592. The van der Waals surface area contributed by atoms with E-state index in [1.165, 1.54) is 4.90 Å². The summed E-state index contributed by atoms with van der Waals surface area (Å²) >= 11 is 0. The standard InChI is InChI=1S/C34H40N4O7/c1-21(2)31(37-29(39)15-16-30(40)41)34(44)38-17-9-14-27(38)33(43)36-26(18-22-10-5-4-6-11-22)32(42)35-24-19-23-12-7-8-13-25(23)28(20-24)45-3/h4-8,10-13,19-21,26-27,31H,9,14-18H2,1-3H3,(H,35,42)(H,36,43)(H,37,39)(H,40,41)/t26-,27-,31-/m0/s1. The maximum absolute atomic E-state index is 13.7. The molecule has 4 N–H and O–H groups in total. The minimum atomic E-state index is -1.11. The molecule has 238 valence electrons. The van der Waals surface area contributed by atoms with Crippen LogP contribution >= 0.6 is 0 Å². The van der Waals surface area contributed by atoms with Crippen molar-refractivity contribution in [1.82, 2.24) is 15.5 Å². The van der Waals surface area contributed by atoms with Gasteiger partial charge in [-0.15, -0.1) is 0 Å². The molecule has 0 spiro atoms. The fraction of sp³-hybridized carbons (Fsp3) is 0.382. The number of nitrogens with zero attached hydrogens (tertiary/aromatic N) is 1. The number of benzene rings is 3. The lowest BCUT2D eigenvalue weighted by Crippen LogP contribution is -2.57. The fourth-order valence-electron chi connectivity index (χ4n) is 5.53. The minimum Gasteiger partial charge on any atom is -0.496 e. The highest BCUT2D eigenvalue weighted by Crippen LogP contribution is 2.30. The molecule has 11 heteroatoms. The summed E-state index contributed by atoms with van der Waals surface area (Å²) in [6, 6.07) is 17.8. The average Bonchev–Trinajstić information content (AvgIpc) is 3.52. The first kappa shape index (κ1) is 33.0. The predicted molar refractivity (Wildman–Crippen MR) is 170 cm³/mol. The van der Waals surface area contributed by atoms with Gasteiger partial charge < -0.3 is 30.7 Å². The number of methoxy groups -OCH3 is 1. The Morgan fingerprint density at radius 2 is 1.67 bits per heavy atom. The van der Waals surface area contributed by atoms with E-state index in [2.05, 4.69) is 16.0 Å². The van der Waals surface area contributed by atoms with Crippen LogP contribution in [0.1, 0.15) is 45.1 Å². The van der Waals surface area contributed by atoms with Crippen molar-refractivity contribution in [3.8, 4) is 5.75 Å². The number of anilines is 1.